The van der Waals surface area contributed by atoms with Crippen LogP contribution in [0.25, 0.3) is 0 Å². The molecule has 0 saturated heterocycles. The molecule has 0 aliphatic heterocycles. The molecule has 6 nitrogen and oxygen atoms in total. The number of unbranched alkanes of at least 4 members (excludes halogenated alkanes) is 28. The average Bonchev–Trinajstić information content (AvgIpc) is 3.45. The molecule has 0 aromatic rings. The van der Waals surface area contributed by atoms with Gasteiger partial charge in [0.1, 0.15) is 13.2 Å². The van der Waals surface area contributed by atoms with Crippen LogP contribution in [0.2, 0.25) is 0 Å². The Labute approximate surface area is 488 Å². The van der Waals surface area contributed by atoms with E-state index in [-0.39, 0.29) is 31.1 Å². The summed E-state index contributed by atoms with van der Waals surface area (Å²) in [7, 11) is 0. The van der Waals surface area contributed by atoms with Crippen LogP contribution in [0.15, 0.2) is 122 Å². The summed E-state index contributed by atoms with van der Waals surface area (Å²) in [6.45, 7) is 6.41. The standard InChI is InChI=1S/C73H122O6/c1-4-7-10-13-16-19-22-25-28-30-32-34-35-36-37-39-40-42-45-48-51-54-57-60-63-66-72(75)78-69-70(68-77-71(74)65-62-59-56-53-50-47-44-27-24-21-18-15-12-9-6-3)79-73(76)67-64-61-58-55-52-49-46-43-41-38-33-31-29-26-23-20-17-14-11-8-5-2/h7-8,10-11,16-17,19-20,25-29,32-34,38,43-44,46,70H,4-6,9,12-15,18,21-24,30-31,35-37,39-42,45,47-69H2,1-3H3/b10-7-,11-8-,19-16-,20-17-,28-25-,29-26-,34-32-,38-33-,44-27-,46-43-. The van der Waals surface area contributed by atoms with Crippen LogP contribution in [-0.2, 0) is 28.6 Å². The third-order valence-corrected chi connectivity index (χ3v) is 13.9. The molecule has 0 aromatic carbocycles. The van der Waals surface area contributed by atoms with Gasteiger partial charge in [-0.1, -0.05) is 277 Å². The molecule has 1 unspecified atom stereocenters. The summed E-state index contributed by atoms with van der Waals surface area (Å²) in [5, 5.41) is 0. The van der Waals surface area contributed by atoms with Gasteiger partial charge in [0.25, 0.3) is 0 Å². The van der Waals surface area contributed by atoms with E-state index >= 15 is 0 Å². The lowest BCUT2D eigenvalue weighted by Crippen LogP contribution is -2.30. The van der Waals surface area contributed by atoms with Crippen LogP contribution < -0.4 is 0 Å². The van der Waals surface area contributed by atoms with Crippen molar-refractivity contribution in [2.75, 3.05) is 13.2 Å². The molecule has 6 heteroatoms. The zero-order valence-electron chi connectivity index (χ0n) is 51.6. The molecule has 0 aliphatic rings. The Kier molecular flexibility index (Phi) is 62.8. The lowest BCUT2D eigenvalue weighted by molar-refractivity contribution is -0.167. The van der Waals surface area contributed by atoms with Crippen molar-refractivity contribution in [3.05, 3.63) is 122 Å². The highest BCUT2D eigenvalue weighted by molar-refractivity contribution is 5.71. The maximum atomic E-state index is 12.9. The molecule has 450 valence electrons. The molecule has 0 rings (SSSR count). The van der Waals surface area contributed by atoms with Crippen LogP contribution in [0.4, 0.5) is 0 Å². The molecule has 0 N–H and O–H groups in total. The minimum Gasteiger partial charge on any atom is -0.462 e. The minimum atomic E-state index is -0.797. The number of ether oxygens (including phenoxy) is 3. The maximum absolute atomic E-state index is 12.9. The lowest BCUT2D eigenvalue weighted by Gasteiger charge is -2.18. The van der Waals surface area contributed by atoms with Crippen LogP contribution in [0.5, 0.6) is 0 Å². The van der Waals surface area contributed by atoms with Crippen molar-refractivity contribution < 1.29 is 28.6 Å². The van der Waals surface area contributed by atoms with E-state index in [2.05, 4.69) is 142 Å². The van der Waals surface area contributed by atoms with Gasteiger partial charge >= 0.3 is 17.9 Å². The lowest BCUT2D eigenvalue weighted by atomic mass is 10.0. The molecule has 0 amide bonds. The van der Waals surface area contributed by atoms with Crippen molar-refractivity contribution in [2.45, 2.75) is 309 Å². The summed E-state index contributed by atoms with van der Waals surface area (Å²) in [6.07, 6.45) is 92.0. The molecule has 0 aliphatic carbocycles. The van der Waals surface area contributed by atoms with Crippen molar-refractivity contribution in [3.8, 4) is 0 Å². The first kappa shape index (κ1) is 74.8. The zero-order valence-corrected chi connectivity index (χ0v) is 51.6. The van der Waals surface area contributed by atoms with E-state index in [1.165, 1.54) is 122 Å². The Balaban J connectivity index is 4.39. The van der Waals surface area contributed by atoms with Gasteiger partial charge in [-0.3, -0.25) is 14.4 Å². The maximum Gasteiger partial charge on any atom is 0.306 e. The molecule has 79 heavy (non-hydrogen) atoms. The first-order valence-corrected chi connectivity index (χ1v) is 33.0. The van der Waals surface area contributed by atoms with Gasteiger partial charge in [-0.25, -0.2) is 0 Å². The number of rotatable bonds is 59. The Bertz CT molecular complexity index is 1640. The quantitative estimate of drug-likeness (QED) is 0.0261. The average molecular weight is 1100 g/mol. The summed E-state index contributed by atoms with van der Waals surface area (Å²) in [6, 6.07) is 0. The van der Waals surface area contributed by atoms with E-state index in [0.717, 1.165) is 141 Å². The highest BCUT2D eigenvalue weighted by atomic mass is 16.6. The summed E-state index contributed by atoms with van der Waals surface area (Å²) < 4.78 is 16.9. The molecular weight excluding hydrogens is 973 g/mol. The largest absolute Gasteiger partial charge is 0.462 e. The summed E-state index contributed by atoms with van der Waals surface area (Å²) in [5.41, 5.74) is 0. The van der Waals surface area contributed by atoms with E-state index in [1.54, 1.807) is 0 Å². The molecule has 0 aromatic heterocycles. The Morgan fingerprint density at radius 3 is 0.785 bits per heavy atom. The van der Waals surface area contributed by atoms with Gasteiger partial charge in [-0.15, -0.1) is 0 Å². The third kappa shape index (κ3) is 64.5. The molecule has 0 saturated carbocycles. The van der Waals surface area contributed by atoms with Gasteiger partial charge in [-0.05, 0) is 128 Å². The summed E-state index contributed by atoms with van der Waals surface area (Å²) >= 11 is 0. The van der Waals surface area contributed by atoms with E-state index in [1.807, 2.05) is 0 Å². The molecular formula is C73H122O6. The molecule has 0 heterocycles. The Morgan fingerprint density at radius 1 is 0.266 bits per heavy atom. The van der Waals surface area contributed by atoms with Gasteiger partial charge in [-0.2, -0.15) is 0 Å². The first-order valence-electron chi connectivity index (χ1n) is 33.0. The number of esters is 3. The second-order valence-electron chi connectivity index (χ2n) is 21.6. The fraction of sp³-hybridized carbons (Fsp3) is 0.685. The van der Waals surface area contributed by atoms with Crippen LogP contribution in [0, 0.1) is 0 Å². The second kappa shape index (κ2) is 66.3. The SMILES string of the molecule is CC/C=C\C/C=C\C/C=C\C/C=C\C/C=C\CCCCCCCC(=O)OC(COC(=O)CCCCCCC/C=C\CCCCCCCC)COC(=O)CCCCCCCCCCCCCC/C=C\C/C=C\C/C=C\C/C=C\CC. The third-order valence-electron chi connectivity index (χ3n) is 13.9. The monoisotopic (exact) mass is 1090 g/mol. The molecule has 0 radical (unpaired) electrons. The minimum absolute atomic E-state index is 0.0909. The van der Waals surface area contributed by atoms with Crippen molar-refractivity contribution >= 4 is 17.9 Å². The number of allylic oxidation sites excluding steroid dienone is 20. The van der Waals surface area contributed by atoms with E-state index in [4.69, 9.17) is 14.2 Å². The van der Waals surface area contributed by atoms with Crippen LogP contribution in [0.1, 0.15) is 303 Å². The summed E-state index contributed by atoms with van der Waals surface area (Å²) in [4.78, 5) is 38.4. The molecule has 1 atom stereocenters. The van der Waals surface area contributed by atoms with Gasteiger partial charge in [0.05, 0.1) is 0 Å². The highest BCUT2D eigenvalue weighted by Gasteiger charge is 2.19. The van der Waals surface area contributed by atoms with Gasteiger partial charge in [0, 0.05) is 19.3 Å². The number of hydrogen-bond acceptors (Lipinski definition) is 6. The fourth-order valence-electron chi connectivity index (χ4n) is 9.04. The smallest absolute Gasteiger partial charge is 0.306 e. The second-order valence-corrected chi connectivity index (χ2v) is 21.6. The Hall–Kier alpha value is -4.19. The van der Waals surface area contributed by atoms with E-state index in [0.29, 0.717) is 19.3 Å². The number of carbonyl (C=O) groups is 3. The highest BCUT2D eigenvalue weighted by Crippen LogP contribution is 2.16. The Morgan fingerprint density at radius 2 is 0.494 bits per heavy atom. The van der Waals surface area contributed by atoms with Gasteiger partial charge < -0.3 is 14.2 Å². The normalized spacial score (nSPS) is 12.9. The predicted molar refractivity (Wildman–Crippen MR) is 343 cm³/mol. The van der Waals surface area contributed by atoms with Gasteiger partial charge in [0.2, 0.25) is 0 Å². The molecule has 0 bridgehead atoms. The number of hydrogen-bond donors (Lipinski definition) is 0. The van der Waals surface area contributed by atoms with Crippen molar-refractivity contribution in [3.63, 3.8) is 0 Å². The zero-order chi connectivity index (χ0) is 57.1. The van der Waals surface area contributed by atoms with Crippen LogP contribution >= 0.6 is 0 Å². The van der Waals surface area contributed by atoms with Gasteiger partial charge in [0.15, 0.2) is 6.10 Å². The predicted octanol–water partition coefficient (Wildman–Crippen LogP) is 22.8. The number of carbonyl (C=O) groups excluding carboxylic acids is 3. The fourth-order valence-corrected chi connectivity index (χ4v) is 9.04. The van der Waals surface area contributed by atoms with E-state index < -0.39 is 6.10 Å². The molecule has 0 spiro atoms. The summed E-state index contributed by atoms with van der Waals surface area (Å²) in [5.74, 6) is -0.913. The van der Waals surface area contributed by atoms with E-state index in [9.17, 15) is 14.4 Å². The first-order chi connectivity index (χ1) is 39.0. The van der Waals surface area contributed by atoms with Crippen LogP contribution in [-0.4, -0.2) is 37.2 Å². The van der Waals surface area contributed by atoms with Crippen molar-refractivity contribution in [2.24, 2.45) is 0 Å². The van der Waals surface area contributed by atoms with Crippen LogP contribution in [0.3, 0.4) is 0 Å². The van der Waals surface area contributed by atoms with Crippen molar-refractivity contribution in [1.29, 1.82) is 0 Å². The topological polar surface area (TPSA) is 78.9 Å². The molecule has 0 fully saturated rings. The van der Waals surface area contributed by atoms with Crippen molar-refractivity contribution in [1.82, 2.24) is 0 Å².